The molecule has 0 unspecified atom stereocenters. The van der Waals surface area contributed by atoms with E-state index in [4.69, 9.17) is 0 Å². The predicted octanol–water partition coefficient (Wildman–Crippen LogP) is 9.21. The van der Waals surface area contributed by atoms with Crippen LogP contribution in [0.3, 0.4) is 0 Å². The maximum absolute atomic E-state index is 11.8. The van der Waals surface area contributed by atoms with Gasteiger partial charge in [0.2, 0.25) is 0 Å². The van der Waals surface area contributed by atoms with Crippen LogP contribution in [0, 0.1) is 0 Å². The van der Waals surface area contributed by atoms with Gasteiger partial charge in [0, 0.05) is 0 Å². The molecule has 0 heterocycles. The summed E-state index contributed by atoms with van der Waals surface area (Å²) in [6.45, 7) is 4.51. The van der Waals surface area contributed by atoms with E-state index in [1.165, 1.54) is 115 Å². The zero-order valence-corrected chi connectivity index (χ0v) is 23.3. The predicted molar refractivity (Wildman–Crippen MR) is 155 cm³/mol. The fourth-order valence-corrected chi connectivity index (χ4v) is 5.59. The SMILES string of the molecule is CCCCCCCCCCCCc1ccc(S(=O)(=O)O)c(CCCCCCCCCCCC)c1.[NaH]. The molecule has 0 aliphatic carbocycles. The van der Waals surface area contributed by atoms with Crippen molar-refractivity contribution in [3.05, 3.63) is 29.3 Å². The summed E-state index contributed by atoms with van der Waals surface area (Å²) in [5.74, 6) is 0. The first kappa shape index (κ1) is 35.1. The second kappa shape index (κ2) is 23.3. The number of aryl methyl sites for hydroxylation is 2. The molecule has 0 saturated heterocycles. The number of unbranched alkanes of at least 4 members (excludes halogenated alkanes) is 18. The van der Waals surface area contributed by atoms with E-state index in [-0.39, 0.29) is 34.5 Å². The Labute approximate surface area is 240 Å². The van der Waals surface area contributed by atoms with Gasteiger partial charge in [-0.2, -0.15) is 8.42 Å². The van der Waals surface area contributed by atoms with Gasteiger partial charge in [0.1, 0.15) is 0 Å². The summed E-state index contributed by atoms with van der Waals surface area (Å²) < 4.78 is 33.4. The van der Waals surface area contributed by atoms with Crippen molar-refractivity contribution in [2.45, 2.75) is 160 Å². The van der Waals surface area contributed by atoms with Crippen LogP contribution >= 0.6 is 0 Å². The maximum atomic E-state index is 11.8. The van der Waals surface area contributed by atoms with E-state index >= 15 is 0 Å². The van der Waals surface area contributed by atoms with E-state index in [0.717, 1.165) is 37.7 Å². The molecule has 200 valence electrons. The van der Waals surface area contributed by atoms with E-state index in [2.05, 4.69) is 13.8 Å². The summed E-state index contributed by atoms with van der Waals surface area (Å²) in [4.78, 5) is 0.107. The molecular formula is C30H55NaO3S. The van der Waals surface area contributed by atoms with Crippen LogP contribution in [0.4, 0.5) is 0 Å². The van der Waals surface area contributed by atoms with E-state index in [9.17, 15) is 13.0 Å². The Bertz CT molecular complexity index is 718. The third-order valence-corrected chi connectivity index (χ3v) is 7.98. The normalized spacial score (nSPS) is 11.5. The van der Waals surface area contributed by atoms with Crippen LogP contribution in [0.15, 0.2) is 23.1 Å². The first-order chi connectivity index (χ1) is 16.5. The molecule has 0 bridgehead atoms. The molecule has 3 nitrogen and oxygen atoms in total. The third kappa shape index (κ3) is 18.9. The number of benzene rings is 1. The van der Waals surface area contributed by atoms with Gasteiger partial charge in [-0.1, -0.05) is 142 Å². The fourth-order valence-electron chi connectivity index (χ4n) is 4.85. The molecule has 1 aromatic rings. The molecule has 1 aromatic carbocycles. The van der Waals surface area contributed by atoms with Crippen molar-refractivity contribution in [1.29, 1.82) is 0 Å². The molecule has 35 heavy (non-hydrogen) atoms. The standard InChI is InChI=1S/C30H54O3S.Na.H/c1-3-5-7-9-11-13-15-17-19-21-23-28-25-26-30(34(31,32)33)29(27-28)24-22-20-18-16-14-12-10-8-6-4-2;;/h25-27H,3-24H2,1-2H3,(H,31,32,33);;. The average Bonchev–Trinajstić information content (AvgIpc) is 2.81. The van der Waals surface area contributed by atoms with Crippen molar-refractivity contribution in [2.75, 3.05) is 0 Å². The second-order valence-electron chi connectivity index (χ2n) is 10.3. The molecule has 0 fully saturated rings. The van der Waals surface area contributed by atoms with Crippen LogP contribution in [0.5, 0.6) is 0 Å². The Kier molecular flexibility index (Phi) is 23.3. The van der Waals surface area contributed by atoms with Crippen LogP contribution in [0.25, 0.3) is 0 Å². The first-order valence-electron chi connectivity index (χ1n) is 14.6. The molecular weight excluding hydrogens is 463 g/mol. The molecule has 0 aliphatic rings. The van der Waals surface area contributed by atoms with Gasteiger partial charge in [0.25, 0.3) is 10.1 Å². The summed E-state index contributed by atoms with van der Waals surface area (Å²) in [5.41, 5.74) is 2.00. The topological polar surface area (TPSA) is 54.4 Å². The van der Waals surface area contributed by atoms with Crippen molar-refractivity contribution < 1.29 is 13.0 Å². The van der Waals surface area contributed by atoms with Crippen molar-refractivity contribution in [3.63, 3.8) is 0 Å². The molecule has 1 rings (SSSR count). The van der Waals surface area contributed by atoms with Gasteiger partial charge >= 0.3 is 29.6 Å². The monoisotopic (exact) mass is 518 g/mol. The van der Waals surface area contributed by atoms with E-state index in [1.807, 2.05) is 12.1 Å². The van der Waals surface area contributed by atoms with Gasteiger partial charge in [0.15, 0.2) is 0 Å². The Hall–Kier alpha value is 0.130. The van der Waals surface area contributed by atoms with E-state index in [0.29, 0.717) is 0 Å². The Morgan fingerprint density at radius 2 is 0.943 bits per heavy atom. The van der Waals surface area contributed by atoms with Gasteiger partial charge in [-0.15, -0.1) is 0 Å². The van der Waals surface area contributed by atoms with Gasteiger partial charge in [0.05, 0.1) is 4.90 Å². The van der Waals surface area contributed by atoms with Crippen molar-refractivity contribution >= 4 is 39.7 Å². The minimum absolute atomic E-state index is 0. The van der Waals surface area contributed by atoms with Crippen molar-refractivity contribution in [2.24, 2.45) is 0 Å². The first-order valence-corrected chi connectivity index (χ1v) is 16.0. The summed E-state index contributed by atoms with van der Waals surface area (Å²) in [5, 5.41) is 0. The number of rotatable bonds is 23. The Morgan fingerprint density at radius 1 is 0.571 bits per heavy atom. The molecule has 0 aromatic heterocycles. The van der Waals surface area contributed by atoms with Crippen LogP contribution in [-0.2, 0) is 23.0 Å². The minimum atomic E-state index is -4.16. The Balaban J connectivity index is 0.0000116. The molecule has 0 radical (unpaired) electrons. The zero-order chi connectivity index (χ0) is 24.9. The third-order valence-electron chi connectivity index (χ3n) is 7.02. The van der Waals surface area contributed by atoms with Crippen LogP contribution < -0.4 is 0 Å². The second-order valence-corrected chi connectivity index (χ2v) is 11.7. The Morgan fingerprint density at radius 3 is 1.34 bits per heavy atom. The van der Waals surface area contributed by atoms with Gasteiger partial charge in [-0.25, -0.2) is 0 Å². The number of hydrogen-bond donors (Lipinski definition) is 1. The van der Waals surface area contributed by atoms with Gasteiger partial charge in [-0.05, 0) is 42.9 Å². The fraction of sp³-hybridized carbons (Fsp3) is 0.800. The van der Waals surface area contributed by atoms with E-state index in [1.54, 1.807) is 6.07 Å². The molecule has 0 aliphatic heterocycles. The van der Waals surface area contributed by atoms with Crippen LogP contribution in [-0.4, -0.2) is 42.5 Å². The summed E-state index contributed by atoms with van der Waals surface area (Å²) in [6, 6.07) is 5.54. The van der Waals surface area contributed by atoms with E-state index < -0.39 is 10.1 Å². The molecule has 0 saturated carbocycles. The summed E-state index contributed by atoms with van der Waals surface area (Å²) >= 11 is 0. The summed E-state index contributed by atoms with van der Waals surface area (Å²) in [6.07, 6.45) is 27.6. The van der Waals surface area contributed by atoms with Gasteiger partial charge in [-0.3, -0.25) is 4.55 Å². The van der Waals surface area contributed by atoms with Crippen LogP contribution in [0.2, 0.25) is 0 Å². The van der Waals surface area contributed by atoms with Crippen LogP contribution in [0.1, 0.15) is 153 Å². The molecule has 0 amide bonds. The number of hydrogen-bond acceptors (Lipinski definition) is 2. The van der Waals surface area contributed by atoms with Crippen molar-refractivity contribution in [1.82, 2.24) is 0 Å². The average molecular weight is 519 g/mol. The molecule has 0 spiro atoms. The molecule has 1 N–H and O–H groups in total. The molecule has 5 heteroatoms. The zero-order valence-electron chi connectivity index (χ0n) is 22.5. The summed E-state index contributed by atoms with van der Waals surface area (Å²) in [7, 11) is -4.16. The quantitative estimate of drug-likeness (QED) is 0.0892. The van der Waals surface area contributed by atoms with Gasteiger partial charge < -0.3 is 0 Å². The molecule has 0 atom stereocenters. The van der Waals surface area contributed by atoms with Crippen molar-refractivity contribution in [3.8, 4) is 0 Å².